The van der Waals surface area contributed by atoms with Crippen LogP contribution >= 0.6 is 0 Å². The number of nitrogens with zero attached hydrogens (tertiary/aromatic N) is 4. The lowest BCUT2D eigenvalue weighted by atomic mass is 10.2. The topological polar surface area (TPSA) is 113 Å². The van der Waals surface area contributed by atoms with Crippen LogP contribution in [0.1, 0.15) is 5.56 Å². The normalized spacial score (nSPS) is 11.4. The Hall–Kier alpha value is -4.79. The summed E-state index contributed by atoms with van der Waals surface area (Å²) in [5, 5.41) is 16.9. The molecule has 0 saturated carbocycles. The first kappa shape index (κ1) is 20.1. The number of hydrogen-bond donors (Lipinski definition) is 0. The van der Waals surface area contributed by atoms with Gasteiger partial charge in [0.05, 0.1) is 29.2 Å². The Morgan fingerprint density at radius 3 is 2.67 bits per heavy atom. The molecule has 162 valence electrons. The third-order valence-electron chi connectivity index (χ3n) is 5.12. The van der Waals surface area contributed by atoms with Gasteiger partial charge >= 0.3 is 5.69 Å². The van der Waals surface area contributed by atoms with Crippen molar-refractivity contribution in [3.05, 3.63) is 98.8 Å². The molecule has 0 N–H and O–H groups in total. The zero-order chi connectivity index (χ0) is 22.9. The Labute approximate surface area is 186 Å². The molecule has 9 heteroatoms. The molecule has 3 aromatic carbocycles. The average molecular weight is 440 g/mol. The number of nitro benzene ring substituents is 1. The maximum atomic E-state index is 13.3. The standard InChI is InChI=1S/C24H16N4O5/c1-32-21-11-10-15(12-19(21)28(30)31)14-25-27-23(22-13-16-6-2-5-9-20(16)33-22)26-18-8-4-3-7-17(18)24(27)29/h2-14H,1H3. The highest BCUT2D eigenvalue weighted by Crippen LogP contribution is 2.28. The third-order valence-corrected chi connectivity index (χ3v) is 5.12. The van der Waals surface area contributed by atoms with E-state index in [-0.39, 0.29) is 17.3 Å². The average Bonchev–Trinajstić information content (AvgIpc) is 3.27. The van der Waals surface area contributed by atoms with Crippen LogP contribution in [0.4, 0.5) is 5.69 Å². The zero-order valence-corrected chi connectivity index (χ0v) is 17.3. The maximum Gasteiger partial charge on any atom is 0.311 e. The molecule has 0 unspecified atom stereocenters. The molecular formula is C24H16N4O5. The Morgan fingerprint density at radius 1 is 1.09 bits per heavy atom. The van der Waals surface area contributed by atoms with E-state index in [9.17, 15) is 14.9 Å². The first-order valence-electron chi connectivity index (χ1n) is 9.92. The van der Waals surface area contributed by atoms with E-state index in [1.807, 2.05) is 24.3 Å². The van der Waals surface area contributed by atoms with Gasteiger partial charge in [0.15, 0.2) is 11.5 Å². The number of aromatic nitrogens is 2. The molecule has 0 atom stereocenters. The molecule has 5 rings (SSSR count). The number of benzene rings is 3. The summed E-state index contributed by atoms with van der Waals surface area (Å²) in [6.07, 6.45) is 1.36. The third kappa shape index (κ3) is 3.61. The smallest absolute Gasteiger partial charge is 0.311 e. The van der Waals surface area contributed by atoms with E-state index in [1.54, 1.807) is 36.4 Å². The SMILES string of the molecule is COc1ccc(C=Nn2c(-c3cc4ccccc4o3)nc3ccccc3c2=O)cc1[N+](=O)[O-]. The summed E-state index contributed by atoms with van der Waals surface area (Å²) in [5.41, 5.74) is 0.970. The van der Waals surface area contributed by atoms with Crippen LogP contribution < -0.4 is 10.3 Å². The van der Waals surface area contributed by atoms with E-state index >= 15 is 0 Å². The minimum Gasteiger partial charge on any atom is -0.490 e. The molecule has 0 amide bonds. The van der Waals surface area contributed by atoms with Crippen LogP contribution in [0.2, 0.25) is 0 Å². The van der Waals surface area contributed by atoms with Crippen molar-refractivity contribution in [2.45, 2.75) is 0 Å². The predicted molar refractivity (Wildman–Crippen MR) is 124 cm³/mol. The monoisotopic (exact) mass is 440 g/mol. The molecule has 5 aromatic rings. The van der Waals surface area contributed by atoms with E-state index in [2.05, 4.69) is 10.1 Å². The Morgan fingerprint density at radius 2 is 1.88 bits per heavy atom. The predicted octanol–water partition coefficient (Wildman–Crippen LogP) is 4.61. The summed E-state index contributed by atoms with van der Waals surface area (Å²) in [4.78, 5) is 28.7. The molecule has 0 saturated heterocycles. The van der Waals surface area contributed by atoms with Crippen LogP contribution in [0.5, 0.6) is 5.75 Å². The van der Waals surface area contributed by atoms with Crippen LogP contribution in [0.3, 0.4) is 0 Å². The number of rotatable bonds is 5. The van der Waals surface area contributed by atoms with Crippen LogP contribution in [0.15, 0.2) is 87.1 Å². The van der Waals surface area contributed by atoms with Crippen molar-refractivity contribution in [2.75, 3.05) is 7.11 Å². The summed E-state index contributed by atoms with van der Waals surface area (Å²) in [7, 11) is 1.36. The molecule has 33 heavy (non-hydrogen) atoms. The number of para-hydroxylation sites is 2. The zero-order valence-electron chi connectivity index (χ0n) is 17.3. The second-order valence-electron chi connectivity index (χ2n) is 7.15. The van der Waals surface area contributed by atoms with Gasteiger partial charge in [-0.2, -0.15) is 9.78 Å². The van der Waals surface area contributed by atoms with Gasteiger partial charge in [-0.3, -0.25) is 14.9 Å². The molecule has 2 aromatic heterocycles. The number of ether oxygens (including phenoxy) is 1. The lowest BCUT2D eigenvalue weighted by molar-refractivity contribution is -0.385. The Kier molecular flexibility index (Phi) is 4.91. The van der Waals surface area contributed by atoms with Gasteiger partial charge in [0.25, 0.3) is 5.56 Å². The second kappa shape index (κ2) is 8.04. The molecule has 2 heterocycles. The lowest BCUT2D eigenvalue weighted by Crippen LogP contribution is -2.20. The second-order valence-corrected chi connectivity index (χ2v) is 7.15. The fourth-order valence-corrected chi connectivity index (χ4v) is 3.54. The van der Waals surface area contributed by atoms with Crippen LogP contribution in [0.25, 0.3) is 33.5 Å². The van der Waals surface area contributed by atoms with Gasteiger partial charge in [-0.05, 0) is 36.4 Å². The van der Waals surface area contributed by atoms with Gasteiger partial charge in [0, 0.05) is 17.0 Å². The van der Waals surface area contributed by atoms with Crippen molar-refractivity contribution in [1.29, 1.82) is 0 Å². The van der Waals surface area contributed by atoms with Crippen molar-refractivity contribution >= 4 is 33.8 Å². The summed E-state index contributed by atoms with van der Waals surface area (Å²) in [6, 6.07) is 20.6. The van der Waals surface area contributed by atoms with Gasteiger partial charge in [-0.1, -0.05) is 30.3 Å². The van der Waals surface area contributed by atoms with Gasteiger partial charge in [0.1, 0.15) is 5.58 Å². The molecular weight excluding hydrogens is 424 g/mol. The summed E-state index contributed by atoms with van der Waals surface area (Å²) in [5.74, 6) is 0.718. The maximum absolute atomic E-state index is 13.3. The van der Waals surface area contributed by atoms with Crippen molar-refractivity contribution in [3.8, 4) is 17.3 Å². The van der Waals surface area contributed by atoms with Crippen molar-refractivity contribution in [3.63, 3.8) is 0 Å². The molecule has 0 bridgehead atoms. The van der Waals surface area contributed by atoms with Gasteiger partial charge < -0.3 is 9.15 Å². The quantitative estimate of drug-likeness (QED) is 0.224. The van der Waals surface area contributed by atoms with E-state index in [1.165, 1.54) is 25.5 Å². The van der Waals surface area contributed by atoms with Crippen LogP contribution in [0, 0.1) is 10.1 Å². The van der Waals surface area contributed by atoms with Crippen molar-refractivity contribution in [2.24, 2.45) is 5.10 Å². The van der Waals surface area contributed by atoms with Crippen molar-refractivity contribution in [1.82, 2.24) is 9.66 Å². The Balaban J connectivity index is 1.69. The summed E-state index contributed by atoms with van der Waals surface area (Å²) < 4.78 is 12.1. The first-order chi connectivity index (χ1) is 16.0. The highest BCUT2D eigenvalue weighted by atomic mass is 16.6. The molecule has 0 aliphatic rings. The first-order valence-corrected chi connectivity index (χ1v) is 9.92. The summed E-state index contributed by atoms with van der Waals surface area (Å²) >= 11 is 0. The van der Waals surface area contributed by atoms with Gasteiger partial charge in [-0.25, -0.2) is 4.98 Å². The number of methoxy groups -OCH3 is 1. The van der Waals surface area contributed by atoms with Gasteiger partial charge in [-0.15, -0.1) is 0 Å². The van der Waals surface area contributed by atoms with Crippen molar-refractivity contribution < 1.29 is 14.1 Å². The number of furan rings is 1. The fourth-order valence-electron chi connectivity index (χ4n) is 3.54. The highest BCUT2D eigenvalue weighted by molar-refractivity contribution is 5.85. The summed E-state index contributed by atoms with van der Waals surface area (Å²) in [6.45, 7) is 0. The largest absolute Gasteiger partial charge is 0.490 e. The highest BCUT2D eigenvalue weighted by Gasteiger charge is 2.17. The molecule has 0 fully saturated rings. The molecule has 0 spiro atoms. The lowest BCUT2D eigenvalue weighted by Gasteiger charge is -2.07. The number of fused-ring (bicyclic) bond motifs is 2. The fraction of sp³-hybridized carbons (Fsp3) is 0.0417. The molecule has 0 radical (unpaired) electrons. The minimum absolute atomic E-state index is 0.129. The van der Waals surface area contributed by atoms with Crippen LogP contribution in [-0.4, -0.2) is 27.9 Å². The van der Waals surface area contributed by atoms with E-state index in [0.29, 0.717) is 27.8 Å². The number of hydrogen-bond acceptors (Lipinski definition) is 7. The minimum atomic E-state index is -0.542. The molecule has 0 aliphatic heterocycles. The van der Waals surface area contributed by atoms with E-state index < -0.39 is 10.5 Å². The molecule has 0 aliphatic carbocycles. The number of nitro groups is 1. The Bertz CT molecular complexity index is 1580. The molecule has 9 nitrogen and oxygen atoms in total. The van der Waals surface area contributed by atoms with E-state index in [4.69, 9.17) is 9.15 Å². The van der Waals surface area contributed by atoms with Gasteiger partial charge in [0.2, 0.25) is 5.82 Å². The van der Waals surface area contributed by atoms with Crippen LogP contribution in [-0.2, 0) is 0 Å². The van der Waals surface area contributed by atoms with E-state index in [0.717, 1.165) is 10.1 Å².